The molecule has 3 rings (SSSR count). The summed E-state index contributed by atoms with van der Waals surface area (Å²) in [5.41, 5.74) is 2.33. The van der Waals surface area contributed by atoms with E-state index < -0.39 is 0 Å². The molecule has 1 aromatic heterocycles. The number of hydrogen-bond donors (Lipinski definition) is 3. The van der Waals surface area contributed by atoms with Crippen LogP contribution in [0.1, 0.15) is 12.8 Å². The molecule has 8 nitrogen and oxygen atoms in total. The summed E-state index contributed by atoms with van der Waals surface area (Å²) in [4.78, 5) is 22.7. The van der Waals surface area contributed by atoms with Crippen molar-refractivity contribution in [1.82, 2.24) is 14.9 Å². The topological polar surface area (TPSA) is 106 Å². The molecular formula is C17H20BN7O. The van der Waals surface area contributed by atoms with Crippen molar-refractivity contribution in [2.24, 2.45) is 0 Å². The Balaban J connectivity index is 1.68. The first kappa shape index (κ1) is 17.5. The van der Waals surface area contributed by atoms with Gasteiger partial charge >= 0.3 is 6.03 Å². The summed E-state index contributed by atoms with van der Waals surface area (Å²) in [6.07, 6.45) is 3.80. The monoisotopic (exact) mass is 349 g/mol. The predicted octanol–water partition coefficient (Wildman–Crippen LogP) is 1.04. The molecule has 0 saturated carbocycles. The molecule has 1 aromatic carbocycles. The van der Waals surface area contributed by atoms with Crippen LogP contribution in [-0.2, 0) is 0 Å². The molecule has 1 fully saturated rings. The number of carbonyl (C=O) groups excluding carboxylic acids is 1. The lowest BCUT2D eigenvalue weighted by Crippen LogP contribution is -2.32. The molecular weight excluding hydrogens is 329 g/mol. The summed E-state index contributed by atoms with van der Waals surface area (Å²) in [6, 6.07) is 9.35. The van der Waals surface area contributed by atoms with Crippen molar-refractivity contribution in [2.75, 3.05) is 35.6 Å². The second-order valence-corrected chi connectivity index (χ2v) is 6.07. The number of benzene rings is 1. The maximum Gasteiger partial charge on any atom is 0.321 e. The van der Waals surface area contributed by atoms with Gasteiger partial charge in [-0.3, -0.25) is 0 Å². The third-order valence-corrected chi connectivity index (χ3v) is 4.07. The minimum Gasteiger partial charge on any atom is -0.357 e. The van der Waals surface area contributed by atoms with Crippen LogP contribution in [0.3, 0.4) is 0 Å². The van der Waals surface area contributed by atoms with Crippen LogP contribution < -0.4 is 21.4 Å². The van der Waals surface area contributed by atoms with Crippen molar-refractivity contribution in [1.29, 1.82) is 5.26 Å². The summed E-state index contributed by atoms with van der Waals surface area (Å²) >= 11 is 0. The second kappa shape index (κ2) is 8.20. The average molecular weight is 349 g/mol. The zero-order valence-corrected chi connectivity index (χ0v) is 14.6. The minimum atomic E-state index is -0.0748. The third kappa shape index (κ3) is 4.42. The van der Waals surface area contributed by atoms with E-state index in [1.165, 1.54) is 0 Å². The quantitative estimate of drug-likeness (QED) is 0.550. The first-order valence-electron chi connectivity index (χ1n) is 8.53. The third-order valence-electron chi connectivity index (χ3n) is 4.07. The molecule has 0 spiro atoms. The summed E-state index contributed by atoms with van der Waals surface area (Å²) in [7, 11) is 1.87. The molecule has 1 aliphatic heterocycles. The van der Waals surface area contributed by atoms with Crippen molar-refractivity contribution >= 4 is 42.5 Å². The number of anilines is 4. The van der Waals surface area contributed by atoms with Crippen molar-refractivity contribution in [3.05, 3.63) is 30.5 Å². The van der Waals surface area contributed by atoms with E-state index in [2.05, 4.69) is 25.9 Å². The Morgan fingerprint density at radius 2 is 2.08 bits per heavy atom. The van der Waals surface area contributed by atoms with Gasteiger partial charge in [-0.05, 0) is 36.5 Å². The lowest BCUT2D eigenvalue weighted by molar-refractivity contribution is 0.222. The fourth-order valence-corrected chi connectivity index (χ4v) is 2.73. The van der Waals surface area contributed by atoms with Crippen LogP contribution in [0, 0.1) is 11.3 Å². The molecule has 3 N–H and O–H groups in total. The summed E-state index contributed by atoms with van der Waals surface area (Å²) in [6.45, 7) is 1.79. The van der Waals surface area contributed by atoms with Crippen molar-refractivity contribution < 1.29 is 4.79 Å². The Bertz CT molecular complexity index is 830. The molecule has 1 saturated heterocycles. The molecule has 0 atom stereocenters. The number of carbonyl (C=O) groups is 1. The van der Waals surface area contributed by atoms with E-state index in [-0.39, 0.29) is 12.6 Å². The van der Waals surface area contributed by atoms with E-state index in [0.29, 0.717) is 17.5 Å². The number of likely N-dealkylation sites (tertiary alicyclic amines) is 1. The van der Waals surface area contributed by atoms with E-state index >= 15 is 0 Å². The van der Waals surface area contributed by atoms with Gasteiger partial charge in [-0.1, -0.05) is 6.07 Å². The number of rotatable bonds is 5. The zero-order valence-electron chi connectivity index (χ0n) is 14.6. The lowest BCUT2D eigenvalue weighted by atomic mass is 9.99. The van der Waals surface area contributed by atoms with Crippen molar-refractivity contribution in [3.8, 4) is 6.07 Å². The summed E-state index contributed by atoms with van der Waals surface area (Å²) < 4.78 is 0. The first-order valence-corrected chi connectivity index (χ1v) is 8.53. The highest BCUT2D eigenvalue weighted by Crippen LogP contribution is 2.19. The van der Waals surface area contributed by atoms with Gasteiger partial charge < -0.3 is 20.9 Å². The summed E-state index contributed by atoms with van der Waals surface area (Å²) in [5.74, 6) is 1.03. The maximum absolute atomic E-state index is 12.2. The van der Waals surface area contributed by atoms with Crippen LogP contribution >= 0.6 is 0 Å². The van der Waals surface area contributed by atoms with Crippen molar-refractivity contribution in [2.45, 2.75) is 12.8 Å². The van der Waals surface area contributed by atoms with Gasteiger partial charge in [0.25, 0.3) is 0 Å². The number of hydrogen-bond acceptors (Lipinski definition) is 6. The fourth-order valence-electron chi connectivity index (χ4n) is 2.73. The Labute approximate surface area is 153 Å². The highest BCUT2D eigenvalue weighted by Gasteiger charge is 2.17. The molecule has 26 heavy (non-hydrogen) atoms. The van der Waals surface area contributed by atoms with E-state index in [0.717, 1.165) is 37.1 Å². The highest BCUT2D eigenvalue weighted by molar-refractivity contribution is 6.35. The van der Waals surface area contributed by atoms with Gasteiger partial charge in [-0.15, -0.1) is 0 Å². The van der Waals surface area contributed by atoms with Crippen LogP contribution in [0.15, 0.2) is 30.5 Å². The Morgan fingerprint density at radius 1 is 1.31 bits per heavy atom. The van der Waals surface area contributed by atoms with Crippen molar-refractivity contribution in [3.63, 3.8) is 0 Å². The number of nitriles is 1. The number of amides is 2. The smallest absolute Gasteiger partial charge is 0.321 e. The van der Waals surface area contributed by atoms with E-state index in [1.807, 2.05) is 43.1 Å². The van der Waals surface area contributed by atoms with Crippen LogP contribution in [0.5, 0.6) is 0 Å². The maximum atomic E-state index is 12.2. The molecule has 0 radical (unpaired) electrons. The molecule has 132 valence electrons. The Morgan fingerprint density at radius 3 is 2.85 bits per heavy atom. The standard InChI is InChI=1S/C17H20BN7O/c18-14-11-21-16(24-15(14)20-7-6-19)22-12-4-3-5-13(10-12)23-17(26)25-8-1-2-9-25/h3-5,10-11H,1-2,7-9,18H2,(H,23,26)(H2,20,21,22,24). The fraction of sp³-hybridized carbons (Fsp3) is 0.294. The average Bonchev–Trinajstić information content (AvgIpc) is 3.17. The predicted molar refractivity (Wildman–Crippen MR) is 104 cm³/mol. The number of nitrogens with zero attached hydrogens (tertiary/aromatic N) is 4. The molecule has 0 bridgehead atoms. The molecule has 2 amide bonds. The normalized spacial score (nSPS) is 13.1. The van der Waals surface area contributed by atoms with Gasteiger partial charge in [0.05, 0.1) is 6.07 Å². The molecule has 9 heteroatoms. The SMILES string of the molecule is Bc1cnc(Nc2cccc(NC(=O)N3CCCC3)c2)nc1NCC#N. The number of urea groups is 1. The van der Waals surface area contributed by atoms with Gasteiger partial charge in [0.2, 0.25) is 5.95 Å². The second-order valence-electron chi connectivity index (χ2n) is 6.07. The number of nitrogens with one attached hydrogen (secondary N) is 3. The molecule has 0 unspecified atom stereocenters. The molecule has 1 aliphatic rings. The van der Waals surface area contributed by atoms with Crippen LogP contribution in [0.25, 0.3) is 0 Å². The minimum absolute atomic E-state index is 0.0748. The first-order chi connectivity index (χ1) is 12.7. The van der Waals surface area contributed by atoms with Gasteiger partial charge in [0, 0.05) is 30.7 Å². The summed E-state index contributed by atoms with van der Waals surface area (Å²) in [5, 5.41) is 17.7. The van der Waals surface area contributed by atoms with Crippen LogP contribution in [0.4, 0.5) is 27.9 Å². The largest absolute Gasteiger partial charge is 0.357 e. The van der Waals surface area contributed by atoms with E-state index in [1.54, 1.807) is 6.20 Å². The van der Waals surface area contributed by atoms with Gasteiger partial charge in [-0.2, -0.15) is 10.2 Å². The van der Waals surface area contributed by atoms with Gasteiger partial charge in [0.1, 0.15) is 20.2 Å². The van der Waals surface area contributed by atoms with Gasteiger partial charge in [0.15, 0.2) is 0 Å². The molecule has 2 heterocycles. The molecule has 0 aliphatic carbocycles. The number of aromatic nitrogens is 2. The molecule has 2 aromatic rings. The van der Waals surface area contributed by atoms with Crippen LogP contribution in [-0.4, -0.2) is 48.4 Å². The Kier molecular flexibility index (Phi) is 5.54. The highest BCUT2D eigenvalue weighted by atomic mass is 16.2. The lowest BCUT2D eigenvalue weighted by Gasteiger charge is -2.16. The zero-order chi connectivity index (χ0) is 18.4. The van der Waals surface area contributed by atoms with E-state index in [9.17, 15) is 4.79 Å². The van der Waals surface area contributed by atoms with E-state index in [4.69, 9.17) is 5.26 Å². The Hall–Kier alpha value is -3.28. The van der Waals surface area contributed by atoms with Gasteiger partial charge in [-0.25, -0.2) is 9.78 Å². The van der Waals surface area contributed by atoms with Crippen LogP contribution in [0.2, 0.25) is 0 Å².